The molecule has 112 valence electrons. The molecular weight excluding hydrogens is 282 g/mol. The molecule has 0 atom stereocenters. The zero-order valence-electron chi connectivity index (χ0n) is 12.9. The normalized spacial score (nSPS) is 10.7. The molecule has 0 aliphatic rings. The molecule has 1 N–H and O–H groups in total. The van der Waals surface area contributed by atoms with Crippen molar-refractivity contribution in [3.05, 3.63) is 63.7 Å². The molecule has 0 fully saturated rings. The summed E-state index contributed by atoms with van der Waals surface area (Å²) in [5.74, 6) is 0.780. The van der Waals surface area contributed by atoms with Crippen molar-refractivity contribution in [2.75, 3.05) is 6.54 Å². The molecule has 0 aliphatic carbocycles. The van der Waals surface area contributed by atoms with Gasteiger partial charge in [-0.1, -0.05) is 48.9 Å². The minimum absolute atomic E-state index is 0.543. The second-order valence-corrected chi connectivity index (χ2v) is 5.57. The maximum absolute atomic E-state index is 6.30. The van der Waals surface area contributed by atoms with Crippen LogP contribution < -0.4 is 10.1 Å². The molecule has 0 aliphatic heterocycles. The first kappa shape index (κ1) is 15.9. The number of nitrogens with one attached hydrogen (secondary N) is 1. The van der Waals surface area contributed by atoms with Gasteiger partial charge in [0.15, 0.2) is 0 Å². The number of aryl methyl sites for hydroxylation is 2. The van der Waals surface area contributed by atoms with Gasteiger partial charge in [0.2, 0.25) is 0 Å². The standard InChI is InChI=1S/C18H22ClNO/c1-4-20-11-15-9-6-10-17(19)18(15)21-12-16-13(2)7-5-8-14(16)3/h5-10,20H,4,11-12H2,1-3H3. The second kappa shape index (κ2) is 7.48. The number of halogens is 1. The number of benzene rings is 2. The number of hydrogen-bond donors (Lipinski definition) is 1. The first-order chi connectivity index (χ1) is 10.1. The lowest BCUT2D eigenvalue weighted by Gasteiger charge is -2.16. The van der Waals surface area contributed by atoms with Crippen molar-refractivity contribution in [1.29, 1.82) is 0 Å². The number of para-hydroxylation sites is 1. The summed E-state index contributed by atoms with van der Waals surface area (Å²) >= 11 is 6.30. The Balaban J connectivity index is 2.19. The lowest BCUT2D eigenvalue weighted by molar-refractivity contribution is 0.301. The topological polar surface area (TPSA) is 21.3 Å². The SMILES string of the molecule is CCNCc1cccc(Cl)c1OCc1c(C)cccc1C. The molecule has 2 aromatic rings. The molecule has 0 unspecified atom stereocenters. The van der Waals surface area contributed by atoms with Gasteiger partial charge in [-0.15, -0.1) is 0 Å². The highest BCUT2D eigenvalue weighted by Gasteiger charge is 2.10. The Morgan fingerprint density at radius 2 is 1.71 bits per heavy atom. The van der Waals surface area contributed by atoms with Gasteiger partial charge in [-0.2, -0.15) is 0 Å². The minimum Gasteiger partial charge on any atom is -0.487 e. The smallest absolute Gasteiger partial charge is 0.142 e. The first-order valence-corrected chi connectivity index (χ1v) is 7.67. The summed E-state index contributed by atoms with van der Waals surface area (Å²) in [5, 5.41) is 3.98. The molecule has 2 rings (SSSR count). The fraction of sp³-hybridized carbons (Fsp3) is 0.333. The van der Waals surface area contributed by atoms with E-state index in [4.69, 9.17) is 16.3 Å². The fourth-order valence-corrected chi connectivity index (χ4v) is 2.58. The zero-order valence-corrected chi connectivity index (χ0v) is 13.6. The van der Waals surface area contributed by atoms with Crippen LogP contribution in [0, 0.1) is 13.8 Å². The maximum atomic E-state index is 6.30. The summed E-state index contributed by atoms with van der Waals surface area (Å²) in [4.78, 5) is 0. The minimum atomic E-state index is 0.543. The van der Waals surface area contributed by atoms with E-state index in [0.717, 1.165) is 24.4 Å². The van der Waals surface area contributed by atoms with Gasteiger partial charge in [-0.3, -0.25) is 0 Å². The van der Waals surface area contributed by atoms with Gasteiger partial charge in [0, 0.05) is 12.1 Å². The number of hydrogen-bond acceptors (Lipinski definition) is 2. The van der Waals surface area contributed by atoms with Crippen molar-refractivity contribution >= 4 is 11.6 Å². The third-order valence-corrected chi connectivity index (χ3v) is 3.92. The van der Waals surface area contributed by atoms with Crippen molar-refractivity contribution in [2.24, 2.45) is 0 Å². The van der Waals surface area contributed by atoms with Crippen LogP contribution in [0.4, 0.5) is 0 Å². The van der Waals surface area contributed by atoms with E-state index >= 15 is 0 Å². The average Bonchev–Trinajstić information content (AvgIpc) is 2.46. The molecule has 3 heteroatoms. The lowest BCUT2D eigenvalue weighted by Crippen LogP contribution is -2.13. The van der Waals surface area contributed by atoms with Gasteiger partial charge in [0.25, 0.3) is 0 Å². The molecule has 2 nitrogen and oxygen atoms in total. The molecule has 0 saturated heterocycles. The molecule has 0 aromatic heterocycles. The molecule has 0 spiro atoms. The predicted molar refractivity (Wildman–Crippen MR) is 89.1 cm³/mol. The number of rotatable bonds is 6. The van der Waals surface area contributed by atoms with E-state index in [0.29, 0.717) is 11.6 Å². The van der Waals surface area contributed by atoms with Gasteiger partial charge >= 0.3 is 0 Å². The van der Waals surface area contributed by atoms with E-state index in [9.17, 15) is 0 Å². The van der Waals surface area contributed by atoms with Crippen LogP contribution >= 0.6 is 11.6 Å². The van der Waals surface area contributed by atoms with Gasteiger partial charge in [-0.25, -0.2) is 0 Å². The van der Waals surface area contributed by atoms with Crippen LogP contribution in [0.25, 0.3) is 0 Å². The molecule has 0 heterocycles. The summed E-state index contributed by atoms with van der Waals surface area (Å²) < 4.78 is 6.04. The van der Waals surface area contributed by atoms with Crippen LogP contribution in [-0.4, -0.2) is 6.54 Å². The third-order valence-electron chi connectivity index (χ3n) is 3.62. The monoisotopic (exact) mass is 303 g/mol. The second-order valence-electron chi connectivity index (χ2n) is 5.17. The average molecular weight is 304 g/mol. The van der Waals surface area contributed by atoms with E-state index in [1.807, 2.05) is 12.1 Å². The zero-order chi connectivity index (χ0) is 15.2. The van der Waals surface area contributed by atoms with Gasteiger partial charge in [0.1, 0.15) is 12.4 Å². The highest BCUT2D eigenvalue weighted by atomic mass is 35.5. The van der Waals surface area contributed by atoms with Crippen molar-refractivity contribution < 1.29 is 4.74 Å². The summed E-state index contributed by atoms with van der Waals surface area (Å²) in [5.41, 5.74) is 4.81. The van der Waals surface area contributed by atoms with E-state index in [2.05, 4.69) is 50.4 Å². The molecule has 21 heavy (non-hydrogen) atoms. The Morgan fingerprint density at radius 3 is 2.38 bits per heavy atom. The quantitative estimate of drug-likeness (QED) is 0.839. The van der Waals surface area contributed by atoms with E-state index in [1.54, 1.807) is 0 Å². The fourth-order valence-electron chi connectivity index (χ4n) is 2.34. The first-order valence-electron chi connectivity index (χ1n) is 7.29. The van der Waals surface area contributed by atoms with Crippen molar-refractivity contribution in [2.45, 2.75) is 33.9 Å². The van der Waals surface area contributed by atoms with Crippen LogP contribution in [0.2, 0.25) is 5.02 Å². The molecule has 2 aromatic carbocycles. The van der Waals surface area contributed by atoms with Crippen LogP contribution in [0.5, 0.6) is 5.75 Å². The largest absolute Gasteiger partial charge is 0.487 e. The van der Waals surface area contributed by atoms with Gasteiger partial charge in [-0.05, 0) is 43.1 Å². The van der Waals surface area contributed by atoms with Crippen LogP contribution in [0.3, 0.4) is 0 Å². The van der Waals surface area contributed by atoms with E-state index < -0.39 is 0 Å². The molecule has 0 radical (unpaired) electrons. The van der Waals surface area contributed by atoms with Crippen molar-refractivity contribution in [3.8, 4) is 5.75 Å². The summed E-state index contributed by atoms with van der Waals surface area (Å²) in [6.45, 7) is 8.53. The summed E-state index contributed by atoms with van der Waals surface area (Å²) in [7, 11) is 0. The third kappa shape index (κ3) is 3.99. The Labute approximate surface area is 132 Å². The Hall–Kier alpha value is -1.51. The van der Waals surface area contributed by atoms with E-state index in [1.165, 1.54) is 16.7 Å². The summed E-state index contributed by atoms with van der Waals surface area (Å²) in [6, 6.07) is 12.2. The molecule has 0 bridgehead atoms. The Morgan fingerprint density at radius 1 is 1.05 bits per heavy atom. The molecule has 0 amide bonds. The number of ether oxygens (including phenoxy) is 1. The van der Waals surface area contributed by atoms with Crippen LogP contribution in [0.1, 0.15) is 29.2 Å². The van der Waals surface area contributed by atoms with Crippen molar-refractivity contribution in [1.82, 2.24) is 5.32 Å². The lowest BCUT2D eigenvalue weighted by atomic mass is 10.0. The van der Waals surface area contributed by atoms with Crippen molar-refractivity contribution in [3.63, 3.8) is 0 Å². The van der Waals surface area contributed by atoms with Gasteiger partial charge in [0.05, 0.1) is 5.02 Å². The van der Waals surface area contributed by atoms with E-state index in [-0.39, 0.29) is 0 Å². The van der Waals surface area contributed by atoms with Crippen LogP contribution in [0.15, 0.2) is 36.4 Å². The van der Waals surface area contributed by atoms with Gasteiger partial charge < -0.3 is 10.1 Å². The highest BCUT2D eigenvalue weighted by Crippen LogP contribution is 2.30. The summed E-state index contributed by atoms with van der Waals surface area (Å²) in [6.07, 6.45) is 0. The van der Waals surface area contributed by atoms with Crippen LogP contribution in [-0.2, 0) is 13.2 Å². The molecular formula is C18H22ClNO. The maximum Gasteiger partial charge on any atom is 0.142 e. The Kier molecular flexibility index (Phi) is 5.66. The highest BCUT2D eigenvalue weighted by molar-refractivity contribution is 6.32. The Bertz CT molecular complexity index is 590. The molecule has 0 saturated carbocycles. The predicted octanol–water partition coefficient (Wildman–Crippen LogP) is 4.65.